The number of aryl methyl sites for hydroxylation is 3. The molecule has 7 nitrogen and oxygen atoms in total. The van der Waals surface area contributed by atoms with Crippen molar-refractivity contribution in [3.05, 3.63) is 34.4 Å². The fourth-order valence-electron chi connectivity index (χ4n) is 2.84. The van der Waals surface area contributed by atoms with Gasteiger partial charge in [-0.25, -0.2) is 0 Å². The van der Waals surface area contributed by atoms with Crippen LogP contribution in [0.4, 0.5) is 0 Å². The summed E-state index contributed by atoms with van der Waals surface area (Å²) < 4.78 is 9.16. The van der Waals surface area contributed by atoms with Crippen molar-refractivity contribution in [1.82, 2.24) is 24.9 Å². The first-order valence-electron chi connectivity index (χ1n) is 7.54. The van der Waals surface area contributed by atoms with Gasteiger partial charge in [0, 0.05) is 31.3 Å². The van der Waals surface area contributed by atoms with E-state index in [4.69, 9.17) is 4.74 Å². The number of carbonyl (C=O) groups excluding carboxylic acids is 1. The van der Waals surface area contributed by atoms with Gasteiger partial charge in [0.05, 0.1) is 31.1 Å². The Morgan fingerprint density at radius 2 is 2.27 bits per heavy atom. The summed E-state index contributed by atoms with van der Waals surface area (Å²) in [6, 6.07) is 1.96. The van der Waals surface area contributed by atoms with Crippen molar-refractivity contribution in [3.63, 3.8) is 0 Å². The number of aromatic nitrogens is 4. The third-order valence-corrected chi connectivity index (χ3v) is 3.94. The lowest BCUT2D eigenvalue weighted by Gasteiger charge is -2.14. The predicted octanol–water partition coefficient (Wildman–Crippen LogP) is 0.948. The van der Waals surface area contributed by atoms with Gasteiger partial charge in [0.2, 0.25) is 0 Å². The Kier molecular flexibility index (Phi) is 3.98. The second-order valence-electron chi connectivity index (χ2n) is 5.48. The summed E-state index contributed by atoms with van der Waals surface area (Å²) >= 11 is 0. The molecule has 0 radical (unpaired) electrons. The van der Waals surface area contributed by atoms with E-state index in [1.54, 1.807) is 4.68 Å². The number of nitrogens with one attached hydrogen (secondary N) is 1. The zero-order valence-corrected chi connectivity index (χ0v) is 13.2. The van der Waals surface area contributed by atoms with Gasteiger partial charge in [0.25, 0.3) is 5.91 Å². The molecule has 2 aromatic rings. The summed E-state index contributed by atoms with van der Waals surface area (Å²) in [7, 11) is 1.87. The predicted molar refractivity (Wildman–Crippen MR) is 80.4 cm³/mol. The average Bonchev–Trinajstić information content (AvgIpc) is 3.04. The highest BCUT2D eigenvalue weighted by Gasteiger charge is 2.24. The molecule has 0 aromatic carbocycles. The summed E-state index contributed by atoms with van der Waals surface area (Å²) in [5, 5.41) is 11.7. The van der Waals surface area contributed by atoms with E-state index in [9.17, 15) is 4.79 Å². The smallest absolute Gasteiger partial charge is 0.272 e. The minimum atomic E-state index is -0.159. The van der Waals surface area contributed by atoms with Crippen molar-refractivity contribution in [2.24, 2.45) is 7.05 Å². The summed E-state index contributed by atoms with van der Waals surface area (Å²) in [6.07, 6.45) is 0.810. The molecule has 0 unspecified atom stereocenters. The van der Waals surface area contributed by atoms with E-state index in [0.717, 1.165) is 35.6 Å². The molecule has 118 valence electrons. The standard InChI is InChI=1S/C15H21N5O2/c1-4-20-13-5-6-22-9-12(13)14(18-20)15(21)16-8-11-7-10(2)17-19(11)3/h7H,4-6,8-9H2,1-3H3,(H,16,21). The molecule has 1 amide bonds. The number of ether oxygens (including phenoxy) is 1. The van der Waals surface area contributed by atoms with Crippen molar-refractivity contribution in [2.75, 3.05) is 6.61 Å². The first kappa shape index (κ1) is 14.8. The van der Waals surface area contributed by atoms with Gasteiger partial charge in [-0.15, -0.1) is 0 Å². The third-order valence-electron chi connectivity index (χ3n) is 3.94. The highest BCUT2D eigenvalue weighted by molar-refractivity contribution is 5.94. The molecule has 1 N–H and O–H groups in total. The Balaban J connectivity index is 1.78. The summed E-state index contributed by atoms with van der Waals surface area (Å²) in [4.78, 5) is 12.5. The Hall–Kier alpha value is -2.15. The lowest BCUT2D eigenvalue weighted by atomic mass is 10.1. The van der Waals surface area contributed by atoms with Crippen LogP contribution in [0.15, 0.2) is 6.07 Å². The zero-order chi connectivity index (χ0) is 15.7. The van der Waals surface area contributed by atoms with Crippen molar-refractivity contribution in [2.45, 2.75) is 40.0 Å². The average molecular weight is 303 g/mol. The summed E-state index contributed by atoms with van der Waals surface area (Å²) in [5.41, 5.74) is 4.43. The Morgan fingerprint density at radius 1 is 1.45 bits per heavy atom. The molecule has 0 bridgehead atoms. The van der Waals surface area contributed by atoms with E-state index in [-0.39, 0.29) is 5.91 Å². The maximum Gasteiger partial charge on any atom is 0.272 e. The van der Waals surface area contributed by atoms with Crippen LogP contribution in [-0.4, -0.2) is 32.1 Å². The number of hydrogen-bond donors (Lipinski definition) is 1. The maximum absolute atomic E-state index is 12.5. The van der Waals surface area contributed by atoms with E-state index < -0.39 is 0 Å². The van der Waals surface area contributed by atoms with Gasteiger partial charge >= 0.3 is 0 Å². The lowest BCUT2D eigenvalue weighted by molar-refractivity contribution is 0.0922. The molecule has 0 aliphatic carbocycles. The Bertz CT molecular complexity index is 701. The molecule has 1 aliphatic heterocycles. The van der Waals surface area contributed by atoms with Gasteiger partial charge in [0.1, 0.15) is 0 Å². The molecular formula is C15H21N5O2. The van der Waals surface area contributed by atoms with Crippen molar-refractivity contribution in [3.8, 4) is 0 Å². The fourth-order valence-corrected chi connectivity index (χ4v) is 2.84. The van der Waals surface area contributed by atoms with Crippen LogP contribution in [0.3, 0.4) is 0 Å². The van der Waals surface area contributed by atoms with E-state index >= 15 is 0 Å². The SMILES string of the molecule is CCn1nc(C(=O)NCc2cc(C)nn2C)c2c1CCOC2. The van der Waals surface area contributed by atoms with Gasteiger partial charge in [-0.05, 0) is 19.9 Å². The molecule has 3 heterocycles. The summed E-state index contributed by atoms with van der Waals surface area (Å²) in [6.45, 7) is 6.31. The Morgan fingerprint density at radius 3 is 2.95 bits per heavy atom. The van der Waals surface area contributed by atoms with Crippen molar-refractivity contribution in [1.29, 1.82) is 0 Å². The van der Waals surface area contributed by atoms with Crippen molar-refractivity contribution < 1.29 is 9.53 Å². The molecule has 22 heavy (non-hydrogen) atoms. The first-order chi connectivity index (χ1) is 10.6. The molecule has 7 heteroatoms. The van der Waals surface area contributed by atoms with Gasteiger partial charge in [0.15, 0.2) is 5.69 Å². The Labute approximate surface area is 129 Å². The normalized spacial score (nSPS) is 14.0. The fraction of sp³-hybridized carbons (Fsp3) is 0.533. The number of amides is 1. The second kappa shape index (κ2) is 5.92. The van der Waals surface area contributed by atoms with E-state index in [1.165, 1.54) is 0 Å². The molecule has 0 saturated carbocycles. The van der Waals surface area contributed by atoms with Crippen LogP contribution >= 0.6 is 0 Å². The molecular weight excluding hydrogens is 282 g/mol. The molecule has 2 aromatic heterocycles. The highest BCUT2D eigenvalue weighted by Crippen LogP contribution is 2.21. The van der Waals surface area contributed by atoms with Gasteiger partial charge in [-0.1, -0.05) is 0 Å². The number of fused-ring (bicyclic) bond motifs is 1. The molecule has 1 aliphatic rings. The van der Waals surface area contributed by atoms with Crippen LogP contribution in [0.1, 0.15) is 40.1 Å². The monoisotopic (exact) mass is 303 g/mol. The van der Waals surface area contributed by atoms with Gasteiger partial charge < -0.3 is 10.1 Å². The van der Waals surface area contributed by atoms with Crippen LogP contribution in [0.25, 0.3) is 0 Å². The molecule has 0 atom stereocenters. The van der Waals surface area contributed by atoms with Crippen LogP contribution < -0.4 is 5.32 Å². The number of rotatable bonds is 4. The topological polar surface area (TPSA) is 74.0 Å². The van der Waals surface area contributed by atoms with E-state index in [0.29, 0.717) is 25.5 Å². The van der Waals surface area contributed by atoms with Crippen LogP contribution in [0.5, 0.6) is 0 Å². The number of hydrogen-bond acceptors (Lipinski definition) is 4. The third kappa shape index (κ3) is 2.64. The largest absolute Gasteiger partial charge is 0.376 e. The zero-order valence-electron chi connectivity index (χ0n) is 13.2. The second-order valence-corrected chi connectivity index (χ2v) is 5.48. The quantitative estimate of drug-likeness (QED) is 0.912. The molecule has 0 saturated heterocycles. The molecule has 0 fully saturated rings. The minimum absolute atomic E-state index is 0.159. The molecule has 3 rings (SSSR count). The summed E-state index contributed by atoms with van der Waals surface area (Å²) in [5.74, 6) is -0.159. The van der Waals surface area contributed by atoms with Gasteiger partial charge in [-0.3, -0.25) is 14.2 Å². The van der Waals surface area contributed by atoms with E-state index in [2.05, 4.69) is 15.5 Å². The van der Waals surface area contributed by atoms with E-state index in [1.807, 2.05) is 31.6 Å². The number of nitrogens with zero attached hydrogens (tertiary/aromatic N) is 4. The van der Waals surface area contributed by atoms with Crippen LogP contribution in [-0.2, 0) is 37.9 Å². The number of carbonyl (C=O) groups is 1. The van der Waals surface area contributed by atoms with Gasteiger partial charge in [-0.2, -0.15) is 10.2 Å². The highest BCUT2D eigenvalue weighted by atomic mass is 16.5. The van der Waals surface area contributed by atoms with Crippen LogP contribution in [0, 0.1) is 6.92 Å². The van der Waals surface area contributed by atoms with Crippen molar-refractivity contribution >= 4 is 5.91 Å². The van der Waals surface area contributed by atoms with Crippen LogP contribution in [0.2, 0.25) is 0 Å². The molecule has 0 spiro atoms. The minimum Gasteiger partial charge on any atom is -0.376 e. The first-order valence-corrected chi connectivity index (χ1v) is 7.54. The maximum atomic E-state index is 12.5. The lowest BCUT2D eigenvalue weighted by Crippen LogP contribution is -2.26.